The maximum atomic E-state index is 11.1. The third-order valence-electron chi connectivity index (χ3n) is 2.68. The van der Waals surface area contributed by atoms with Crippen molar-refractivity contribution in [1.29, 1.82) is 0 Å². The number of amides is 1. The molecule has 4 heteroatoms. The van der Waals surface area contributed by atoms with Crippen LogP contribution in [0.4, 0.5) is 0 Å². The maximum Gasteiger partial charge on any atom is 0.234 e. The average molecular weight is 228 g/mol. The number of primary amides is 1. The number of nitrogens with one attached hydrogen (secondary N) is 1. The SMILES string of the molecule is CCC[C@@H](CN[C@@H](CC)C(N)=O)CC(C)=O. The van der Waals surface area contributed by atoms with Crippen molar-refractivity contribution in [1.82, 2.24) is 5.32 Å². The van der Waals surface area contributed by atoms with Gasteiger partial charge in [0.25, 0.3) is 0 Å². The van der Waals surface area contributed by atoms with Crippen molar-refractivity contribution in [3.05, 3.63) is 0 Å². The molecule has 0 aliphatic heterocycles. The number of rotatable bonds is 9. The monoisotopic (exact) mass is 228 g/mol. The van der Waals surface area contributed by atoms with Gasteiger partial charge in [-0.1, -0.05) is 20.3 Å². The molecule has 0 aromatic heterocycles. The molecule has 0 aromatic rings. The topological polar surface area (TPSA) is 72.2 Å². The minimum atomic E-state index is -0.319. The molecule has 0 bridgehead atoms. The molecular weight excluding hydrogens is 204 g/mol. The Hall–Kier alpha value is -0.900. The summed E-state index contributed by atoms with van der Waals surface area (Å²) >= 11 is 0. The molecule has 0 aromatic carbocycles. The van der Waals surface area contributed by atoms with Crippen LogP contribution in [0.5, 0.6) is 0 Å². The van der Waals surface area contributed by atoms with Gasteiger partial charge in [-0.3, -0.25) is 4.79 Å². The number of carbonyl (C=O) groups is 2. The summed E-state index contributed by atoms with van der Waals surface area (Å²) in [5, 5.41) is 3.13. The van der Waals surface area contributed by atoms with Crippen LogP contribution in [-0.4, -0.2) is 24.3 Å². The number of carbonyl (C=O) groups excluding carboxylic acids is 2. The number of ketones is 1. The lowest BCUT2D eigenvalue weighted by Crippen LogP contribution is -2.43. The molecule has 16 heavy (non-hydrogen) atoms. The van der Waals surface area contributed by atoms with Crippen LogP contribution in [-0.2, 0) is 9.59 Å². The molecule has 4 nitrogen and oxygen atoms in total. The van der Waals surface area contributed by atoms with Crippen LogP contribution in [0.1, 0.15) is 46.5 Å². The van der Waals surface area contributed by atoms with Gasteiger partial charge < -0.3 is 15.8 Å². The molecule has 0 fully saturated rings. The summed E-state index contributed by atoms with van der Waals surface area (Å²) in [6.45, 7) is 6.31. The number of nitrogens with two attached hydrogens (primary N) is 1. The Bertz CT molecular complexity index is 229. The van der Waals surface area contributed by atoms with E-state index >= 15 is 0 Å². The first-order chi connectivity index (χ1) is 7.51. The van der Waals surface area contributed by atoms with Gasteiger partial charge in [-0.05, 0) is 32.2 Å². The van der Waals surface area contributed by atoms with Gasteiger partial charge in [0.15, 0.2) is 0 Å². The lowest BCUT2D eigenvalue weighted by atomic mass is 9.97. The van der Waals surface area contributed by atoms with Crippen molar-refractivity contribution in [3.8, 4) is 0 Å². The van der Waals surface area contributed by atoms with E-state index in [0.29, 0.717) is 25.3 Å². The van der Waals surface area contributed by atoms with E-state index in [-0.39, 0.29) is 17.7 Å². The van der Waals surface area contributed by atoms with Gasteiger partial charge in [-0.25, -0.2) is 0 Å². The van der Waals surface area contributed by atoms with Gasteiger partial charge >= 0.3 is 0 Å². The zero-order valence-corrected chi connectivity index (χ0v) is 10.6. The van der Waals surface area contributed by atoms with E-state index in [0.717, 1.165) is 12.8 Å². The zero-order valence-electron chi connectivity index (χ0n) is 10.6. The molecule has 0 saturated carbocycles. The van der Waals surface area contributed by atoms with Crippen molar-refractivity contribution in [2.24, 2.45) is 11.7 Å². The molecule has 3 N–H and O–H groups in total. The summed E-state index contributed by atoms with van der Waals surface area (Å²) in [6, 6.07) is -0.272. The number of Topliss-reactive ketones (excluding diaryl/α,β-unsaturated/α-hetero) is 1. The molecule has 0 radical (unpaired) electrons. The average Bonchev–Trinajstić information content (AvgIpc) is 2.17. The van der Waals surface area contributed by atoms with E-state index in [1.807, 2.05) is 6.92 Å². The fourth-order valence-corrected chi connectivity index (χ4v) is 1.85. The van der Waals surface area contributed by atoms with E-state index in [9.17, 15) is 9.59 Å². The highest BCUT2D eigenvalue weighted by molar-refractivity contribution is 5.79. The molecule has 2 atom stereocenters. The Kier molecular flexibility index (Phi) is 7.81. The van der Waals surface area contributed by atoms with Gasteiger partial charge in [0.1, 0.15) is 5.78 Å². The molecule has 0 heterocycles. The van der Waals surface area contributed by atoms with Crippen LogP contribution in [0.15, 0.2) is 0 Å². The molecule has 0 rings (SSSR count). The standard InChI is InChI=1S/C12H24N2O2/c1-4-6-10(7-9(3)15)8-14-11(5-2)12(13)16/h10-11,14H,4-8H2,1-3H3,(H2,13,16)/t10-,11+/m1/s1. The Labute approximate surface area is 98.0 Å². The van der Waals surface area contributed by atoms with Gasteiger partial charge in [-0.2, -0.15) is 0 Å². The maximum absolute atomic E-state index is 11.1. The Morgan fingerprint density at radius 3 is 2.31 bits per heavy atom. The van der Waals surface area contributed by atoms with Crippen LogP contribution in [0.3, 0.4) is 0 Å². The van der Waals surface area contributed by atoms with Crippen LogP contribution in [0.2, 0.25) is 0 Å². The quantitative estimate of drug-likeness (QED) is 0.623. The van der Waals surface area contributed by atoms with Gasteiger partial charge in [0.05, 0.1) is 6.04 Å². The van der Waals surface area contributed by atoms with Gasteiger partial charge in [0, 0.05) is 6.42 Å². The number of hydrogen-bond acceptors (Lipinski definition) is 3. The number of hydrogen-bond donors (Lipinski definition) is 2. The third-order valence-corrected chi connectivity index (χ3v) is 2.68. The van der Waals surface area contributed by atoms with Crippen molar-refractivity contribution in [3.63, 3.8) is 0 Å². The Morgan fingerprint density at radius 2 is 1.94 bits per heavy atom. The van der Waals surface area contributed by atoms with Crippen molar-refractivity contribution in [2.75, 3.05) is 6.54 Å². The largest absolute Gasteiger partial charge is 0.368 e. The Balaban J connectivity index is 4.08. The van der Waals surface area contributed by atoms with Crippen molar-refractivity contribution >= 4 is 11.7 Å². The predicted octanol–water partition coefficient (Wildman–Crippen LogP) is 1.24. The van der Waals surface area contributed by atoms with E-state index in [2.05, 4.69) is 12.2 Å². The molecule has 0 spiro atoms. The molecule has 1 amide bonds. The minimum absolute atomic E-state index is 0.201. The lowest BCUT2D eigenvalue weighted by molar-refractivity contribution is -0.120. The summed E-state index contributed by atoms with van der Waals surface area (Å²) in [4.78, 5) is 22.1. The second kappa shape index (κ2) is 8.28. The first-order valence-corrected chi connectivity index (χ1v) is 6.03. The third kappa shape index (κ3) is 6.56. The lowest BCUT2D eigenvalue weighted by Gasteiger charge is -2.19. The van der Waals surface area contributed by atoms with Gasteiger partial charge in [0.2, 0.25) is 5.91 Å². The fraction of sp³-hybridized carbons (Fsp3) is 0.833. The summed E-state index contributed by atoms with van der Waals surface area (Å²) in [5.41, 5.74) is 5.24. The Morgan fingerprint density at radius 1 is 1.31 bits per heavy atom. The minimum Gasteiger partial charge on any atom is -0.368 e. The highest BCUT2D eigenvalue weighted by Crippen LogP contribution is 2.11. The van der Waals surface area contributed by atoms with E-state index in [1.54, 1.807) is 6.92 Å². The van der Waals surface area contributed by atoms with Crippen molar-refractivity contribution in [2.45, 2.75) is 52.5 Å². The molecular formula is C12H24N2O2. The molecule has 0 unspecified atom stereocenters. The van der Waals surface area contributed by atoms with Crippen LogP contribution < -0.4 is 11.1 Å². The normalized spacial score (nSPS) is 14.4. The molecule has 94 valence electrons. The zero-order chi connectivity index (χ0) is 12.6. The summed E-state index contributed by atoms with van der Waals surface area (Å²) in [7, 11) is 0. The smallest absolute Gasteiger partial charge is 0.234 e. The first-order valence-electron chi connectivity index (χ1n) is 6.03. The second-order valence-electron chi connectivity index (χ2n) is 4.33. The molecule has 0 aliphatic carbocycles. The highest BCUT2D eigenvalue weighted by atomic mass is 16.1. The molecule has 0 saturated heterocycles. The predicted molar refractivity (Wildman–Crippen MR) is 65.0 cm³/mol. The van der Waals surface area contributed by atoms with Crippen LogP contribution >= 0.6 is 0 Å². The van der Waals surface area contributed by atoms with Crippen LogP contribution in [0.25, 0.3) is 0 Å². The summed E-state index contributed by atoms with van der Waals surface area (Å²) < 4.78 is 0. The summed E-state index contributed by atoms with van der Waals surface area (Å²) in [5.74, 6) is 0.198. The van der Waals surface area contributed by atoms with E-state index < -0.39 is 0 Å². The van der Waals surface area contributed by atoms with Gasteiger partial charge in [-0.15, -0.1) is 0 Å². The van der Waals surface area contributed by atoms with E-state index in [4.69, 9.17) is 5.73 Å². The highest BCUT2D eigenvalue weighted by Gasteiger charge is 2.16. The van der Waals surface area contributed by atoms with Crippen molar-refractivity contribution < 1.29 is 9.59 Å². The molecule has 0 aliphatic rings. The van der Waals surface area contributed by atoms with Crippen LogP contribution in [0, 0.1) is 5.92 Å². The fourth-order valence-electron chi connectivity index (χ4n) is 1.85. The first kappa shape index (κ1) is 15.1. The summed E-state index contributed by atoms with van der Waals surface area (Å²) in [6.07, 6.45) is 3.32. The second-order valence-corrected chi connectivity index (χ2v) is 4.33. The van der Waals surface area contributed by atoms with E-state index in [1.165, 1.54) is 0 Å².